The maximum absolute atomic E-state index is 13.4. The molecule has 2 heterocycles. The molecule has 1 saturated heterocycles. The number of hydrogen-bond acceptors (Lipinski definition) is 6. The molecule has 1 aliphatic heterocycles. The highest BCUT2D eigenvalue weighted by Gasteiger charge is 2.21. The molecule has 0 radical (unpaired) electrons. The molecule has 0 saturated carbocycles. The van der Waals surface area contributed by atoms with Crippen LogP contribution >= 0.6 is 11.8 Å². The van der Waals surface area contributed by atoms with Crippen LogP contribution in [0.4, 0.5) is 0 Å². The van der Waals surface area contributed by atoms with Crippen molar-refractivity contribution in [2.45, 2.75) is 43.3 Å². The van der Waals surface area contributed by atoms with Crippen LogP contribution in [-0.4, -0.2) is 48.4 Å². The minimum absolute atomic E-state index is 0.0199. The maximum atomic E-state index is 13.4. The van der Waals surface area contributed by atoms with E-state index in [1.54, 1.807) is 29.9 Å². The van der Waals surface area contributed by atoms with Gasteiger partial charge in [0.05, 0.1) is 30.2 Å². The molecule has 0 bridgehead atoms. The van der Waals surface area contributed by atoms with E-state index in [0.717, 1.165) is 25.0 Å². The molecule has 3 aromatic rings. The molecule has 2 aromatic carbocycles. The highest BCUT2D eigenvalue weighted by atomic mass is 32.2. The fraction of sp³-hybridized carbons (Fsp3) is 0.400. The third-order valence-corrected chi connectivity index (χ3v) is 6.72. The summed E-state index contributed by atoms with van der Waals surface area (Å²) in [5.41, 5.74) is 3.26. The van der Waals surface area contributed by atoms with Crippen LogP contribution in [0.15, 0.2) is 52.4 Å². The highest BCUT2D eigenvalue weighted by Crippen LogP contribution is 2.24. The van der Waals surface area contributed by atoms with Gasteiger partial charge in [-0.2, -0.15) is 0 Å². The maximum Gasteiger partial charge on any atom is 0.262 e. The van der Waals surface area contributed by atoms with Crippen LogP contribution in [-0.2, 0) is 21.8 Å². The van der Waals surface area contributed by atoms with Gasteiger partial charge in [0.25, 0.3) is 11.5 Å². The van der Waals surface area contributed by atoms with E-state index in [-0.39, 0.29) is 17.6 Å². The van der Waals surface area contributed by atoms with Gasteiger partial charge in [-0.25, -0.2) is 4.98 Å². The van der Waals surface area contributed by atoms with Crippen molar-refractivity contribution in [2.75, 3.05) is 26.9 Å². The Hall–Kier alpha value is -2.68. The van der Waals surface area contributed by atoms with Gasteiger partial charge in [0.2, 0.25) is 0 Å². The van der Waals surface area contributed by atoms with E-state index in [1.807, 2.05) is 0 Å². The molecule has 1 amide bonds. The number of carbonyl (C=O) groups is 1. The zero-order valence-corrected chi connectivity index (χ0v) is 19.8. The quantitative estimate of drug-likeness (QED) is 0.294. The minimum Gasteiger partial charge on any atom is -0.383 e. The molecule has 8 heteroatoms. The van der Waals surface area contributed by atoms with Crippen LogP contribution in [0.3, 0.4) is 0 Å². The number of fused-ring (bicyclic) bond motifs is 1. The molecule has 174 valence electrons. The van der Waals surface area contributed by atoms with E-state index < -0.39 is 0 Å². The summed E-state index contributed by atoms with van der Waals surface area (Å²) in [6, 6.07) is 13.4. The van der Waals surface area contributed by atoms with E-state index in [0.29, 0.717) is 47.1 Å². The molecule has 1 aliphatic rings. The molecular weight excluding hydrogens is 438 g/mol. The number of carbonyl (C=O) groups excluding carboxylic acids is 1. The Kier molecular flexibility index (Phi) is 7.80. The van der Waals surface area contributed by atoms with Crippen molar-refractivity contribution in [3.05, 3.63) is 69.5 Å². The van der Waals surface area contributed by atoms with Gasteiger partial charge in [0, 0.05) is 31.6 Å². The van der Waals surface area contributed by atoms with Gasteiger partial charge in [0.1, 0.15) is 0 Å². The Morgan fingerprint density at radius 2 is 2.09 bits per heavy atom. The summed E-state index contributed by atoms with van der Waals surface area (Å²) in [5.74, 6) is 0.481. The number of hydrogen-bond donors (Lipinski definition) is 1. The van der Waals surface area contributed by atoms with Crippen molar-refractivity contribution in [2.24, 2.45) is 0 Å². The number of aromatic nitrogens is 2. The van der Waals surface area contributed by atoms with E-state index in [1.165, 1.54) is 17.3 Å². The Bertz CT molecular complexity index is 1170. The number of thioether (sulfide) groups is 1. The topological polar surface area (TPSA) is 82.5 Å². The molecule has 1 atom stereocenters. The summed E-state index contributed by atoms with van der Waals surface area (Å²) in [4.78, 5) is 30.7. The van der Waals surface area contributed by atoms with Gasteiger partial charge in [0.15, 0.2) is 5.16 Å². The Morgan fingerprint density at radius 3 is 2.82 bits per heavy atom. The van der Waals surface area contributed by atoms with E-state index in [4.69, 9.17) is 14.5 Å². The average Bonchev–Trinajstić information content (AvgIpc) is 3.34. The van der Waals surface area contributed by atoms with Crippen molar-refractivity contribution in [1.82, 2.24) is 14.9 Å². The van der Waals surface area contributed by atoms with Crippen molar-refractivity contribution in [1.29, 1.82) is 0 Å². The Balaban J connectivity index is 1.66. The predicted molar refractivity (Wildman–Crippen MR) is 130 cm³/mol. The second kappa shape index (κ2) is 11.0. The molecule has 1 fully saturated rings. The van der Waals surface area contributed by atoms with E-state index in [2.05, 4.69) is 36.5 Å². The molecule has 0 aliphatic carbocycles. The molecule has 7 nitrogen and oxygen atoms in total. The molecule has 0 spiro atoms. The summed E-state index contributed by atoms with van der Waals surface area (Å²) in [6.07, 6.45) is 1.97. The number of amides is 1. The van der Waals surface area contributed by atoms with Gasteiger partial charge in [-0.1, -0.05) is 41.6 Å². The Labute approximate surface area is 197 Å². The third kappa shape index (κ3) is 5.82. The largest absolute Gasteiger partial charge is 0.383 e. The first-order valence-electron chi connectivity index (χ1n) is 11.2. The lowest BCUT2D eigenvalue weighted by Crippen LogP contribution is -2.29. The summed E-state index contributed by atoms with van der Waals surface area (Å²) >= 11 is 1.53. The number of methoxy groups -OCH3 is 1. The first-order chi connectivity index (χ1) is 16.0. The van der Waals surface area contributed by atoms with Crippen LogP contribution in [0.1, 0.15) is 34.3 Å². The molecule has 1 aromatic heterocycles. The van der Waals surface area contributed by atoms with Gasteiger partial charge in [-0.05, 0) is 43.5 Å². The summed E-state index contributed by atoms with van der Waals surface area (Å²) in [6.45, 7) is 4.13. The van der Waals surface area contributed by atoms with Gasteiger partial charge in [-0.15, -0.1) is 0 Å². The molecular formula is C25H29N3O4S. The van der Waals surface area contributed by atoms with Crippen LogP contribution in [0.25, 0.3) is 10.9 Å². The fourth-order valence-corrected chi connectivity index (χ4v) is 4.77. The van der Waals surface area contributed by atoms with E-state index in [9.17, 15) is 9.59 Å². The number of aryl methyl sites for hydroxylation is 1. The normalized spacial score (nSPS) is 15.8. The van der Waals surface area contributed by atoms with E-state index >= 15 is 0 Å². The van der Waals surface area contributed by atoms with Crippen molar-refractivity contribution in [3.63, 3.8) is 0 Å². The monoisotopic (exact) mass is 467 g/mol. The summed E-state index contributed by atoms with van der Waals surface area (Å²) in [7, 11) is 1.59. The van der Waals surface area contributed by atoms with Crippen molar-refractivity contribution < 1.29 is 14.3 Å². The number of nitrogens with zero attached hydrogens (tertiary/aromatic N) is 2. The second-order valence-electron chi connectivity index (χ2n) is 8.20. The predicted octanol–water partition coefficient (Wildman–Crippen LogP) is 3.55. The summed E-state index contributed by atoms with van der Waals surface area (Å²) < 4.78 is 12.5. The Morgan fingerprint density at radius 1 is 1.27 bits per heavy atom. The zero-order chi connectivity index (χ0) is 23.2. The highest BCUT2D eigenvalue weighted by molar-refractivity contribution is 7.98. The first-order valence-corrected chi connectivity index (χ1v) is 12.2. The molecule has 4 rings (SSSR count). The van der Waals surface area contributed by atoms with Crippen molar-refractivity contribution in [3.8, 4) is 0 Å². The second-order valence-corrected chi connectivity index (χ2v) is 9.14. The summed E-state index contributed by atoms with van der Waals surface area (Å²) in [5, 5.41) is 3.95. The number of ether oxygens (including phenoxy) is 2. The number of benzene rings is 2. The van der Waals surface area contributed by atoms with Crippen LogP contribution in [0, 0.1) is 6.92 Å². The van der Waals surface area contributed by atoms with Crippen LogP contribution in [0.2, 0.25) is 0 Å². The SMILES string of the molecule is COCCNC(=O)c1ccc2c(=O)n(C[C@H]3CCCO3)c(SCc3ccc(C)cc3)nc2c1. The zero-order valence-electron chi connectivity index (χ0n) is 19.0. The standard InChI is InChI=1S/C25H29N3O4S/c1-17-5-7-18(8-6-17)16-33-25-27-22-14-19(23(29)26-11-13-31-2)9-10-21(22)24(30)28(25)15-20-4-3-12-32-20/h5-10,14,20H,3-4,11-13,15-16H2,1-2H3,(H,26,29)/t20-/m1/s1. The molecule has 0 unspecified atom stereocenters. The van der Waals surface area contributed by atoms with Gasteiger partial charge < -0.3 is 14.8 Å². The lowest BCUT2D eigenvalue weighted by molar-refractivity contribution is 0.0935. The van der Waals surface area contributed by atoms with Crippen LogP contribution < -0.4 is 10.9 Å². The number of nitrogens with one attached hydrogen (secondary N) is 1. The molecule has 33 heavy (non-hydrogen) atoms. The molecule has 1 N–H and O–H groups in total. The van der Waals surface area contributed by atoms with Gasteiger partial charge in [-0.3, -0.25) is 14.2 Å². The van der Waals surface area contributed by atoms with Crippen LogP contribution in [0.5, 0.6) is 0 Å². The lowest BCUT2D eigenvalue weighted by Gasteiger charge is -2.17. The minimum atomic E-state index is -0.215. The third-order valence-electron chi connectivity index (χ3n) is 5.67. The number of rotatable bonds is 9. The first kappa shape index (κ1) is 23.5. The average molecular weight is 468 g/mol. The van der Waals surface area contributed by atoms with Gasteiger partial charge >= 0.3 is 0 Å². The van der Waals surface area contributed by atoms with Crippen molar-refractivity contribution >= 4 is 28.6 Å². The smallest absolute Gasteiger partial charge is 0.262 e. The lowest BCUT2D eigenvalue weighted by atomic mass is 10.1. The fourth-order valence-electron chi connectivity index (χ4n) is 3.81.